The van der Waals surface area contributed by atoms with Crippen LogP contribution in [0.4, 0.5) is 15.8 Å². The lowest BCUT2D eigenvalue weighted by Gasteiger charge is -2.16. The zero-order chi connectivity index (χ0) is 14.0. The van der Waals surface area contributed by atoms with Crippen molar-refractivity contribution in [1.29, 1.82) is 0 Å². The molecule has 2 N–H and O–H groups in total. The maximum absolute atomic E-state index is 13.2. The Bertz CT molecular complexity index is 498. The Balaban J connectivity index is 2.14. The van der Waals surface area contributed by atoms with E-state index in [9.17, 15) is 19.6 Å². The van der Waals surface area contributed by atoms with Crippen molar-refractivity contribution in [3.8, 4) is 0 Å². The molecule has 0 spiro atoms. The summed E-state index contributed by atoms with van der Waals surface area (Å²) in [6.45, 7) is 0.407. The summed E-state index contributed by atoms with van der Waals surface area (Å²) in [7, 11) is 0. The third-order valence-corrected chi connectivity index (χ3v) is 3.70. The number of hydrogen-bond donors (Lipinski definition) is 2. The highest BCUT2D eigenvalue weighted by atomic mass is 35.5. The molecular formula is C12H14ClFN2O3. The topological polar surface area (TPSA) is 75.4 Å². The molecule has 0 saturated heterocycles. The van der Waals surface area contributed by atoms with Crippen molar-refractivity contribution in [2.24, 2.45) is 5.92 Å². The van der Waals surface area contributed by atoms with E-state index in [2.05, 4.69) is 5.32 Å². The largest absolute Gasteiger partial charge is 0.393 e. The average Bonchev–Trinajstić information content (AvgIpc) is 2.75. The third-order valence-electron chi connectivity index (χ3n) is 3.41. The monoisotopic (exact) mass is 288 g/mol. The van der Waals surface area contributed by atoms with Gasteiger partial charge in [0.25, 0.3) is 5.69 Å². The summed E-state index contributed by atoms with van der Waals surface area (Å²) in [6, 6.07) is 2.01. The van der Waals surface area contributed by atoms with Gasteiger partial charge >= 0.3 is 0 Å². The number of nitrogens with zero attached hydrogens (tertiary/aromatic N) is 1. The predicted molar refractivity (Wildman–Crippen MR) is 69.9 cm³/mol. The molecule has 1 aliphatic carbocycles. The average molecular weight is 289 g/mol. The molecule has 1 aromatic carbocycles. The second kappa shape index (κ2) is 5.71. The van der Waals surface area contributed by atoms with Crippen LogP contribution in [0, 0.1) is 21.8 Å². The van der Waals surface area contributed by atoms with Crippen LogP contribution in [0.15, 0.2) is 12.1 Å². The number of rotatable bonds is 4. The maximum Gasteiger partial charge on any atom is 0.295 e. The van der Waals surface area contributed by atoms with Crippen molar-refractivity contribution in [3.63, 3.8) is 0 Å². The second-order valence-electron chi connectivity index (χ2n) is 4.68. The van der Waals surface area contributed by atoms with Crippen molar-refractivity contribution < 1.29 is 14.4 Å². The SMILES string of the molecule is O=[N+]([O-])c1cc(F)c(Cl)cc1NCC1CCCC1O. The van der Waals surface area contributed by atoms with Crippen LogP contribution in [0.5, 0.6) is 0 Å². The maximum atomic E-state index is 13.2. The molecule has 19 heavy (non-hydrogen) atoms. The lowest BCUT2D eigenvalue weighted by atomic mass is 10.1. The summed E-state index contributed by atoms with van der Waals surface area (Å²) in [5.41, 5.74) is -0.176. The molecule has 0 aliphatic heterocycles. The molecule has 0 aromatic heterocycles. The van der Waals surface area contributed by atoms with Crippen LogP contribution < -0.4 is 5.32 Å². The molecule has 0 radical (unpaired) electrons. The molecule has 2 rings (SSSR count). The second-order valence-corrected chi connectivity index (χ2v) is 5.09. The van der Waals surface area contributed by atoms with E-state index in [1.807, 2.05) is 0 Å². The number of anilines is 1. The minimum atomic E-state index is -0.820. The first-order chi connectivity index (χ1) is 8.99. The van der Waals surface area contributed by atoms with Crippen molar-refractivity contribution in [2.75, 3.05) is 11.9 Å². The molecule has 1 aliphatic rings. The Morgan fingerprint density at radius 2 is 2.26 bits per heavy atom. The fourth-order valence-corrected chi connectivity index (χ4v) is 2.49. The van der Waals surface area contributed by atoms with Gasteiger partial charge < -0.3 is 10.4 Å². The number of hydrogen-bond acceptors (Lipinski definition) is 4. The van der Waals surface area contributed by atoms with E-state index in [-0.39, 0.29) is 28.4 Å². The van der Waals surface area contributed by atoms with E-state index in [0.29, 0.717) is 6.54 Å². The Hall–Kier alpha value is -1.40. The Labute approximate surface area is 114 Å². The van der Waals surface area contributed by atoms with Gasteiger partial charge in [-0.1, -0.05) is 18.0 Å². The number of aliphatic hydroxyl groups is 1. The van der Waals surface area contributed by atoms with Gasteiger partial charge in [-0.25, -0.2) is 4.39 Å². The molecule has 7 heteroatoms. The van der Waals surface area contributed by atoms with Crippen LogP contribution in [-0.2, 0) is 0 Å². The third kappa shape index (κ3) is 3.13. The highest BCUT2D eigenvalue weighted by Gasteiger charge is 2.26. The molecule has 1 fully saturated rings. The summed E-state index contributed by atoms with van der Waals surface area (Å²) < 4.78 is 13.2. The molecule has 1 aromatic rings. The molecule has 5 nitrogen and oxygen atoms in total. The van der Waals surface area contributed by atoms with Crippen LogP contribution in [-0.4, -0.2) is 22.7 Å². The van der Waals surface area contributed by atoms with Gasteiger partial charge in [0.1, 0.15) is 11.5 Å². The lowest BCUT2D eigenvalue weighted by Crippen LogP contribution is -2.22. The summed E-state index contributed by atoms with van der Waals surface area (Å²) in [5.74, 6) is -0.761. The van der Waals surface area contributed by atoms with Gasteiger partial charge in [-0.2, -0.15) is 0 Å². The molecule has 2 atom stereocenters. The Morgan fingerprint density at radius 1 is 1.53 bits per heavy atom. The lowest BCUT2D eigenvalue weighted by molar-refractivity contribution is -0.384. The highest BCUT2D eigenvalue weighted by Crippen LogP contribution is 2.32. The molecule has 2 unspecified atom stereocenters. The molecule has 104 valence electrons. The van der Waals surface area contributed by atoms with Crippen molar-refractivity contribution in [1.82, 2.24) is 0 Å². The molecular weight excluding hydrogens is 275 g/mol. The molecule has 0 bridgehead atoms. The van der Waals surface area contributed by atoms with Gasteiger partial charge in [0.2, 0.25) is 0 Å². The van der Waals surface area contributed by atoms with Crippen LogP contribution in [0.25, 0.3) is 0 Å². The van der Waals surface area contributed by atoms with E-state index in [1.54, 1.807) is 0 Å². The standard InChI is InChI=1S/C12H14ClFN2O3/c13-8-4-10(11(16(18)19)5-9(8)14)15-6-7-2-1-3-12(7)17/h4-5,7,12,15,17H,1-3,6H2. The van der Waals surface area contributed by atoms with Gasteiger partial charge in [0.15, 0.2) is 0 Å². The summed E-state index contributed by atoms with van der Waals surface area (Å²) in [5, 5.41) is 23.3. The first-order valence-corrected chi connectivity index (χ1v) is 6.42. The fourth-order valence-electron chi connectivity index (χ4n) is 2.33. The first-order valence-electron chi connectivity index (χ1n) is 6.04. The summed E-state index contributed by atoms with van der Waals surface area (Å²) >= 11 is 5.63. The fraction of sp³-hybridized carbons (Fsp3) is 0.500. The van der Waals surface area contributed by atoms with E-state index in [4.69, 9.17) is 11.6 Å². The summed E-state index contributed by atoms with van der Waals surface area (Å²) in [4.78, 5) is 10.2. The van der Waals surface area contributed by atoms with Gasteiger partial charge in [-0.3, -0.25) is 10.1 Å². The zero-order valence-electron chi connectivity index (χ0n) is 10.1. The van der Waals surface area contributed by atoms with Crippen molar-refractivity contribution >= 4 is 23.0 Å². The Morgan fingerprint density at radius 3 is 2.84 bits per heavy atom. The van der Waals surface area contributed by atoms with Crippen LogP contribution in [0.2, 0.25) is 5.02 Å². The van der Waals surface area contributed by atoms with Gasteiger partial charge in [-0.15, -0.1) is 0 Å². The molecule has 0 heterocycles. The van der Waals surface area contributed by atoms with E-state index in [1.165, 1.54) is 6.07 Å². The summed E-state index contributed by atoms with van der Waals surface area (Å²) in [6.07, 6.45) is 2.18. The number of benzene rings is 1. The van der Waals surface area contributed by atoms with Crippen LogP contribution >= 0.6 is 11.6 Å². The number of aliphatic hydroxyl groups excluding tert-OH is 1. The zero-order valence-corrected chi connectivity index (χ0v) is 10.9. The Kier molecular flexibility index (Phi) is 4.21. The smallest absolute Gasteiger partial charge is 0.295 e. The highest BCUT2D eigenvalue weighted by molar-refractivity contribution is 6.31. The molecule has 1 saturated carbocycles. The van der Waals surface area contributed by atoms with Gasteiger partial charge in [-0.05, 0) is 18.9 Å². The van der Waals surface area contributed by atoms with Crippen molar-refractivity contribution in [2.45, 2.75) is 25.4 Å². The number of nitrogens with one attached hydrogen (secondary N) is 1. The van der Waals surface area contributed by atoms with E-state index < -0.39 is 10.7 Å². The quantitative estimate of drug-likeness (QED) is 0.660. The van der Waals surface area contributed by atoms with Crippen molar-refractivity contribution in [3.05, 3.63) is 33.1 Å². The van der Waals surface area contributed by atoms with Gasteiger partial charge in [0.05, 0.1) is 22.1 Å². The van der Waals surface area contributed by atoms with Gasteiger partial charge in [0, 0.05) is 12.5 Å². The number of halogens is 2. The van der Waals surface area contributed by atoms with Crippen LogP contribution in [0.3, 0.4) is 0 Å². The minimum absolute atomic E-state index is 0.0587. The van der Waals surface area contributed by atoms with Crippen LogP contribution in [0.1, 0.15) is 19.3 Å². The molecule has 0 amide bonds. The van der Waals surface area contributed by atoms with E-state index in [0.717, 1.165) is 25.3 Å². The first kappa shape index (κ1) is 14.0. The number of nitro benzene ring substituents is 1. The normalized spacial score (nSPS) is 22.5. The predicted octanol–water partition coefficient (Wildman–Crippen LogP) is 2.96. The van der Waals surface area contributed by atoms with E-state index >= 15 is 0 Å². The number of nitro groups is 1. The minimum Gasteiger partial charge on any atom is -0.393 e.